The van der Waals surface area contributed by atoms with Gasteiger partial charge in [-0.1, -0.05) is 89.3 Å². The molecule has 0 atom stereocenters. The van der Waals surface area contributed by atoms with Gasteiger partial charge in [0.15, 0.2) is 11.5 Å². The number of rotatable bonds is 30. The Balaban J connectivity index is 0.616. The van der Waals surface area contributed by atoms with Crippen LogP contribution in [0.3, 0.4) is 0 Å². The highest BCUT2D eigenvalue weighted by Gasteiger charge is 2.21. The second-order valence-corrected chi connectivity index (χ2v) is 20.7. The number of esters is 2. The predicted molar refractivity (Wildman–Crippen MR) is 332 cm³/mol. The van der Waals surface area contributed by atoms with Gasteiger partial charge in [0.25, 0.3) is 0 Å². The minimum Gasteiger partial charge on any atom is -0.491 e. The zero-order valence-corrected chi connectivity index (χ0v) is 49.4. The molecule has 21 heteroatoms. The number of hydrogen-bond donors (Lipinski definition) is 0. The lowest BCUT2D eigenvalue weighted by molar-refractivity contribution is 0.0591. The van der Waals surface area contributed by atoms with Crippen LogP contribution in [0.2, 0.25) is 0 Å². The molecule has 0 radical (unpaired) electrons. The van der Waals surface area contributed by atoms with Crippen molar-refractivity contribution in [3.63, 3.8) is 0 Å². The van der Waals surface area contributed by atoms with Crippen LogP contribution in [0.25, 0.3) is 44.6 Å². The summed E-state index contributed by atoms with van der Waals surface area (Å²) in [5.74, 6) is 0.902. The molecule has 4 heterocycles. The Morgan fingerprint density at radius 1 is 0.456 bits per heavy atom. The summed E-state index contributed by atoms with van der Waals surface area (Å²) in [5, 5.41) is 18.5. The number of aromatic nitrogens is 6. The van der Waals surface area contributed by atoms with Gasteiger partial charge < -0.3 is 46.7 Å². The summed E-state index contributed by atoms with van der Waals surface area (Å²) in [6.45, 7) is 4.72. The monoisotopic (exact) mass is 1210 g/mol. The van der Waals surface area contributed by atoms with E-state index in [0.29, 0.717) is 139 Å². The highest BCUT2D eigenvalue weighted by atomic mass is 16.5. The molecule has 90 heavy (non-hydrogen) atoms. The molecule has 0 amide bonds. The van der Waals surface area contributed by atoms with E-state index >= 15 is 0 Å². The summed E-state index contributed by atoms with van der Waals surface area (Å²) in [5.41, 5.74) is 6.27. The fourth-order valence-corrected chi connectivity index (χ4v) is 9.89. The highest BCUT2D eigenvalue weighted by molar-refractivity contribution is 5.90. The number of fused-ring (bicyclic) bond motifs is 2. The van der Waals surface area contributed by atoms with Crippen molar-refractivity contribution in [2.45, 2.75) is 45.9 Å². The summed E-state index contributed by atoms with van der Waals surface area (Å²) in [6.07, 6.45) is 3.84. The Labute approximate surface area is 516 Å². The summed E-state index contributed by atoms with van der Waals surface area (Å²) in [6, 6.07) is 52.2. The first-order valence-electron chi connectivity index (χ1n) is 29.0. The van der Waals surface area contributed by atoms with E-state index in [0.717, 1.165) is 17.0 Å². The molecule has 458 valence electrons. The first-order chi connectivity index (χ1) is 44.1. The first-order valence-corrected chi connectivity index (χ1v) is 29.0. The maximum atomic E-state index is 13.7. The molecule has 0 spiro atoms. The molecule has 0 bridgehead atoms. The van der Waals surface area contributed by atoms with Crippen molar-refractivity contribution < 1.29 is 56.3 Å². The lowest BCUT2D eigenvalue weighted by Crippen LogP contribution is -2.23. The van der Waals surface area contributed by atoms with Crippen LogP contribution in [0.15, 0.2) is 207 Å². The van der Waals surface area contributed by atoms with Crippen molar-refractivity contribution in [2.75, 3.05) is 53.9 Å². The second kappa shape index (κ2) is 29.8. The topological polar surface area (TPSA) is 233 Å². The maximum Gasteiger partial charge on any atom is 0.337 e. The van der Waals surface area contributed by atoms with Gasteiger partial charge >= 0.3 is 11.9 Å². The Morgan fingerprint density at radius 3 is 1.34 bits per heavy atom. The zero-order chi connectivity index (χ0) is 62.0. The molecule has 0 fully saturated rings. The van der Waals surface area contributed by atoms with E-state index in [4.69, 9.17) is 46.7 Å². The molecular weight excluding hydrogens is 1150 g/mol. The van der Waals surface area contributed by atoms with Crippen LogP contribution in [-0.4, -0.2) is 101 Å². The van der Waals surface area contributed by atoms with E-state index < -0.39 is 11.9 Å². The Morgan fingerprint density at radius 2 is 0.889 bits per heavy atom. The molecule has 0 unspecified atom stereocenters. The molecule has 0 N–H and O–H groups in total. The summed E-state index contributed by atoms with van der Waals surface area (Å²) in [7, 11) is 2.64. The number of para-hydroxylation sites is 2. The Bertz CT molecular complexity index is 4080. The van der Waals surface area contributed by atoms with E-state index in [1.54, 1.807) is 155 Å². The van der Waals surface area contributed by atoms with Gasteiger partial charge in [-0.2, -0.15) is 0 Å². The van der Waals surface area contributed by atoms with Gasteiger partial charge in [-0.3, -0.25) is 14.5 Å². The van der Waals surface area contributed by atoms with Crippen LogP contribution < -0.4 is 29.8 Å². The van der Waals surface area contributed by atoms with Crippen LogP contribution in [0, 0.1) is 0 Å². The molecule has 0 aliphatic rings. The Hall–Kier alpha value is -10.7. The van der Waals surface area contributed by atoms with Gasteiger partial charge in [-0.05, 0) is 114 Å². The number of hydrogen-bond acceptors (Lipinski definition) is 19. The number of carbonyl (C=O) groups is 2. The van der Waals surface area contributed by atoms with Gasteiger partial charge in [0, 0.05) is 43.2 Å². The van der Waals surface area contributed by atoms with Crippen LogP contribution in [0.1, 0.15) is 48.8 Å². The molecule has 11 aromatic rings. The summed E-state index contributed by atoms with van der Waals surface area (Å²) >= 11 is 0. The molecular formula is C69H63N7O14. The third-order valence-electron chi connectivity index (χ3n) is 14.3. The van der Waals surface area contributed by atoms with Crippen LogP contribution in [-0.2, 0) is 64.9 Å². The molecule has 0 saturated carbocycles. The summed E-state index contributed by atoms with van der Waals surface area (Å²) < 4.78 is 61.8. The van der Waals surface area contributed by atoms with Crippen molar-refractivity contribution >= 4 is 33.9 Å². The average Bonchev–Trinajstić information content (AvgIpc) is 1.09. The van der Waals surface area contributed by atoms with Gasteiger partial charge in [0.1, 0.15) is 49.1 Å². The van der Waals surface area contributed by atoms with E-state index in [9.17, 15) is 19.2 Å². The third-order valence-corrected chi connectivity index (χ3v) is 14.3. The van der Waals surface area contributed by atoms with Crippen molar-refractivity contribution in [3.05, 3.63) is 248 Å². The normalized spacial score (nSPS) is 11.3. The van der Waals surface area contributed by atoms with Crippen LogP contribution in [0.4, 0.5) is 0 Å². The van der Waals surface area contributed by atoms with Gasteiger partial charge in [-0.25, -0.2) is 19.0 Å². The second-order valence-electron chi connectivity index (χ2n) is 20.7. The fraction of sp³-hybridized carbons (Fsp3) is 0.217. The smallest absolute Gasteiger partial charge is 0.337 e. The van der Waals surface area contributed by atoms with Crippen molar-refractivity contribution in [2.24, 2.45) is 0 Å². The molecule has 21 nitrogen and oxygen atoms in total. The molecule has 0 aliphatic heterocycles. The lowest BCUT2D eigenvalue weighted by Gasteiger charge is -2.20. The van der Waals surface area contributed by atoms with Crippen molar-refractivity contribution in [1.29, 1.82) is 0 Å². The standard InChI is InChI=1S/C69H63N7O14/c1-81-68(79)52-16-10-14-48(38-52)45-87-66-62(77)58-18-6-8-20-60(58)89-64(66)50-22-26-56(27-23-50)85-36-34-83-32-30-75-43-54(70-72-75)41-74(40-47-12-4-3-5-13-47)42-55-44-76(73-71-55)31-33-84-35-37-86-57-28-24-51(25-29-57)65-67(63(78)59-19-7-9-21-61(59)90-65)88-46-49-15-11-17-53(39-49)69(80)82-2/h3-29,38-39,43-44H,30-37,40-42,45-46H2,1-2H3. The van der Waals surface area contributed by atoms with E-state index in [1.165, 1.54) is 14.2 Å². The molecule has 7 aromatic carbocycles. The first kappa shape index (κ1) is 60.9. The largest absolute Gasteiger partial charge is 0.491 e. The molecule has 4 aromatic heterocycles. The van der Waals surface area contributed by atoms with Crippen LogP contribution >= 0.6 is 0 Å². The van der Waals surface area contributed by atoms with Gasteiger partial charge in [0.05, 0.1) is 87.0 Å². The zero-order valence-electron chi connectivity index (χ0n) is 49.4. The van der Waals surface area contributed by atoms with E-state index in [1.807, 2.05) is 30.6 Å². The Kier molecular flexibility index (Phi) is 20.2. The minimum absolute atomic E-state index is 0.0178. The summed E-state index contributed by atoms with van der Waals surface area (Å²) in [4.78, 5) is 54.0. The van der Waals surface area contributed by atoms with E-state index in [-0.39, 0.29) is 47.1 Å². The van der Waals surface area contributed by atoms with Crippen molar-refractivity contribution in [1.82, 2.24) is 34.9 Å². The third kappa shape index (κ3) is 15.7. The number of benzene rings is 7. The number of carbonyl (C=O) groups excluding carboxylic acids is 2. The number of methoxy groups -OCH3 is 2. The van der Waals surface area contributed by atoms with Crippen molar-refractivity contribution in [3.8, 4) is 45.6 Å². The SMILES string of the molecule is COC(=O)c1cccc(COc2c(-c3ccc(OCCOCCn4cc(CN(Cc5ccccc5)Cc5cn(CCOCCOc6ccc(-c7oc8ccccc8c(=O)c7OCc7cccc(C(=O)OC)c7)cc6)nn5)nn4)cc3)oc3ccccc3c2=O)c1. The lowest BCUT2D eigenvalue weighted by atomic mass is 10.1. The predicted octanol–water partition coefficient (Wildman–Crippen LogP) is 10.5. The molecule has 0 aliphatic carbocycles. The van der Waals surface area contributed by atoms with Gasteiger partial charge in [0.2, 0.25) is 22.4 Å². The quantitative estimate of drug-likeness (QED) is 0.0301. The maximum absolute atomic E-state index is 13.7. The molecule has 11 rings (SSSR count). The minimum atomic E-state index is -0.471. The highest BCUT2D eigenvalue weighted by Crippen LogP contribution is 2.34. The number of ether oxygens (including phenoxy) is 8. The van der Waals surface area contributed by atoms with Crippen LogP contribution in [0.5, 0.6) is 23.0 Å². The fourth-order valence-electron chi connectivity index (χ4n) is 9.89. The average molecular weight is 1210 g/mol. The van der Waals surface area contributed by atoms with Gasteiger partial charge in [-0.15, -0.1) is 10.2 Å². The number of nitrogens with zero attached hydrogens (tertiary/aromatic N) is 7. The van der Waals surface area contributed by atoms with E-state index in [2.05, 4.69) is 37.7 Å². The molecule has 0 saturated heterocycles.